The summed E-state index contributed by atoms with van der Waals surface area (Å²) in [5.74, 6) is 0. The second kappa shape index (κ2) is 14.8. The second-order valence-electron chi connectivity index (χ2n) is 12.7. The van der Waals surface area contributed by atoms with Crippen LogP contribution >= 0.6 is 0 Å². The van der Waals surface area contributed by atoms with E-state index < -0.39 is 0 Å². The first-order valence-corrected chi connectivity index (χ1v) is 17.4. The van der Waals surface area contributed by atoms with Crippen molar-refractivity contribution in [3.63, 3.8) is 0 Å². The summed E-state index contributed by atoms with van der Waals surface area (Å²) < 4.78 is 0. The van der Waals surface area contributed by atoms with E-state index in [9.17, 15) is 0 Å². The minimum Gasteiger partial charge on any atom is -0.311 e. The minimum atomic E-state index is 1.13. The number of benzene rings is 8. The van der Waals surface area contributed by atoms with Gasteiger partial charge in [0.2, 0.25) is 0 Å². The lowest BCUT2D eigenvalue weighted by Gasteiger charge is -2.25. The third-order valence-corrected chi connectivity index (χ3v) is 9.26. The first kappa shape index (κ1) is 31.6. The maximum atomic E-state index is 2.30. The lowest BCUT2D eigenvalue weighted by Crippen LogP contribution is -2.09. The maximum Gasteiger partial charge on any atom is 0.0462 e. The molecule has 0 aromatic heterocycles. The molecule has 51 heavy (non-hydrogen) atoms. The summed E-state index contributed by atoms with van der Waals surface area (Å²) in [6.45, 7) is 0. The van der Waals surface area contributed by atoms with Crippen molar-refractivity contribution in [1.29, 1.82) is 0 Å². The van der Waals surface area contributed by atoms with Crippen LogP contribution in [0, 0.1) is 0 Å². The molecular formula is C50H37N. The largest absolute Gasteiger partial charge is 0.311 e. The number of nitrogens with zero attached hydrogens (tertiary/aromatic N) is 1. The summed E-state index contributed by atoms with van der Waals surface area (Å²) in [4.78, 5) is 2.28. The SMILES string of the molecule is C(=C\c1ccc(N(c2ccccc2)c2ccccc2)cc1)/c1ccc(-c2ccc(/C=C(\c3ccccc3)c3ccc4ccccc4c3)cc2)cc1. The fourth-order valence-electron chi connectivity index (χ4n) is 6.56. The van der Waals surface area contributed by atoms with Crippen molar-refractivity contribution in [3.8, 4) is 11.1 Å². The van der Waals surface area contributed by atoms with Crippen molar-refractivity contribution in [3.05, 3.63) is 234 Å². The van der Waals surface area contributed by atoms with Gasteiger partial charge in [-0.15, -0.1) is 0 Å². The van der Waals surface area contributed by atoms with E-state index in [1.54, 1.807) is 0 Å². The number of rotatable bonds is 9. The molecule has 0 unspecified atom stereocenters. The third-order valence-electron chi connectivity index (χ3n) is 9.26. The van der Waals surface area contributed by atoms with Gasteiger partial charge in [-0.2, -0.15) is 0 Å². The van der Waals surface area contributed by atoms with Gasteiger partial charge in [0.1, 0.15) is 0 Å². The van der Waals surface area contributed by atoms with E-state index in [1.165, 1.54) is 49.7 Å². The molecular weight excluding hydrogens is 615 g/mol. The minimum absolute atomic E-state index is 1.13. The van der Waals surface area contributed by atoms with Gasteiger partial charge in [-0.25, -0.2) is 0 Å². The van der Waals surface area contributed by atoms with Gasteiger partial charge < -0.3 is 4.90 Å². The molecule has 0 aliphatic heterocycles. The molecule has 8 rings (SSSR count). The molecule has 0 atom stereocenters. The molecule has 8 aromatic carbocycles. The van der Waals surface area contributed by atoms with Crippen LogP contribution in [0.25, 0.3) is 45.7 Å². The molecule has 0 amide bonds. The van der Waals surface area contributed by atoms with Crippen molar-refractivity contribution >= 4 is 51.6 Å². The number of para-hydroxylation sites is 2. The Balaban J connectivity index is 0.984. The van der Waals surface area contributed by atoms with Gasteiger partial charge in [0.05, 0.1) is 0 Å². The molecule has 0 spiro atoms. The highest BCUT2D eigenvalue weighted by molar-refractivity contribution is 5.95. The van der Waals surface area contributed by atoms with Crippen LogP contribution in [-0.4, -0.2) is 0 Å². The quantitative estimate of drug-likeness (QED) is 0.140. The van der Waals surface area contributed by atoms with Gasteiger partial charge in [0.25, 0.3) is 0 Å². The summed E-state index contributed by atoms with van der Waals surface area (Å²) in [5.41, 5.74) is 12.9. The lowest BCUT2D eigenvalue weighted by atomic mass is 9.93. The van der Waals surface area contributed by atoms with Crippen LogP contribution in [0.3, 0.4) is 0 Å². The Kier molecular flexibility index (Phi) is 9.17. The third kappa shape index (κ3) is 7.34. The average Bonchev–Trinajstić information content (AvgIpc) is 3.21. The van der Waals surface area contributed by atoms with E-state index in [1.807, 2.05) is 0 Å². The summed E-state index contributed by atoms with van der Waals surface area (Å²) in [6, 6.07) is 73.3. The van der Waals surface area contributed by atoms with E-state index in [0.29, 0.717) is 0 Å². The van der Waals surface area contributed by atoms with Crippen LogP contribution in [0.15, 0.2) is 206 Å². The highest BCUT2D eigenvalue weighted by atomic mass is 15.1. The standard InChI is InChI=1S/C50H37N/c1-4-13-44(14-5-1)50(46-33-32-41-12-10-11-15-45(41)37-46)36-40-24-30-43(31-25-40)42-28-22-38(23-29-42)20-21-39-26-34-49(35-27-39)51(47-16-6-2-7-17-47)48-18-8-3-9-19-48/h1-37H/b21-20+,50-36+. The van der Waals surface area contributed by atoms with Crippen LogP contribution in [0.5, 0.6) is 0 Å². The van der Waals surface area contributed by atoms with Crippen molar-refractivity contribution < 1.29 is 0 Å². The Morgan fingerprint density at radius 1 is 0.333 bits per heavy atom. The zero-order valence-electron chi connectivity index (χ0n) is 28.3. The normalized spacial score (nSPS) is 11.6. The van der Waals surface area contributed by atoms with Crippen LogP contribution in [0.4, 0.5) is 17.1 Å². The van der Waals surface area contributed by atoms with Crippen LogP contribution < -0.4 is 4.90 Å². The van der Waals surface area contributed by atoms with Crippen LogP contribution in [0.1, 0.15) is 27.8 Å². The molecule has 0 saturated heterocycles. The second-order valence-corrected chi connectivity index (χ2v) is 12.7. The van der Waals surface area contributed by atoms with E-state index >= 15 is 0 Å². The lowest BCUT2D eigenvalue weighted by molar-refractivity contribution is 1.28. The molecule has 0 bridgehead atoms. The van der Waals surface area contributed by atoms with E-state index in [0.717, 1.165) is 22.6 Å². The number of fused-ring (bicyclic) bond motifs is 1. The van der Waals surface area contributed by atoms with Crippen molar-refractivity contribution in [2.24, 2.45) is 0 Å². The zero-order valence-corrected chi connectivity index (χ0v) is 28.3. The van der Waals surface area contributed by atoms with E-state index in [4.69, 9.17) is 0 Å². The molecule has 8 aromatic rings. The molecule has 1 nitrogen and oxygen atoms in total. The fourth-order valence-corrected chi connectivity index (χ4v) is 6.56. The molecule has 0 aliphatic carbocycles. The summed E-state index contributed by atoms with van der Waals surface area (Å²) >= 11 is 0. The first-order valence-electron chi connectivity index (χ1n) is 17.4. The highest BCUT2D eigenvalue weighted by Gasteiger charge is 2.11. The summed E-state index contributed by atoms with van der Waals surface area (Å²) in [6.07, 6.45) is 6.65. The Bertz CT molecular complexity index is 2370. The molecule has 1 heteroatoms. The van der Waals surface area contributed by atoms with E-state index in [2.05, 4.69) is 229 Å². The molecule has 0 fully saturated rings. The Labute approximate surface area is 300 Å². The Morgan fingerprint density at radius 3 is 1.35 bits per heavy atom. The zero-order chi connectivity index (χ0) is 34.2. The van der Waals surface area contributed by atoms with Gasteiger partial charge >= 0.3 is 0 Å². The predicted octanol–water partition coefficient (Wildman–Crippen LogP) is 13.7. The smallest absolute Gasteiger partial charge is 0.0462 e. The molecule has 242 valence electrons. The maximum absolute atomic E-state index is 2.30. The predicted molar refractivity (Wildman–Crippen MR) is 219 cm³/mol. The van der Waals surface area contributed by atoms with Crippen molar-refractivity contribution in [2.75, 3.05) is 4.90 Å². The Hall–Kier alpha value is -6.70. The first-order chi connectivity index (χ1) is 25.3. The summed E-state index contributed by atoms with van der Waals surface area (Å²) in [7, 11) is 0. The fraction of sp³-hybridized carbons (Fsp3) is 0. The molecule has 0 N–H and O–H groups in total. The van der Waals surface area contributed by atoms with Crippen molar-refractivity contribution in [1.82, 2.24) is 0 Å². The molecule has 0 saturated carbocycles. The van der Waals surface area contributed by atoms with Gasteiger partial charge in [0, 0.05) is 17.1 Å². The van der Waals surface area contributed by atoms with E-state index in [-0.39, 0.29) is 0 Å². The topological polar surface area (TPSA) is 3.24 Å². The van der Waals surface area contributed by atoms with Crippen LogP contribution in [-0.2, 0) is 0 Å². The molecule has 0 heterocycles. The van der Waals surface area contributed by atoms with Gasteiger partial charge in [-0.3, -0.25) is 0 Å². The van der Waals surface area contributed by atoms with Gasteiger partial charge in [-0.05, 0) is 104 Å². The number of hydrogen-bond donors (Lipinski definition) is 0. The van der Waals surface area contributed by atoms with Crippen molar-refractivity contribution in [2.45, 2.75) is 0 Å². The summed E-state index contributed by atoms with van der Waals surface area (Å²) in [5, 5.41) is 2.50. The highest BCUT2D eigenvalue weighted by Crippen LogP contribution is 2.34. The van der Waals surface area contributed by atoms with Crippen LogP contribution in [0.2, 0.25) is 0 Å². The van der Waals surface area contributed by atoms with Gasteiger partial charge in [-0.1, -0.05) is 176 Å². The average molecular weight is 652 g/mol. The molecule has 0 radical (unpaired) electrons. The monoisotopic (exact) mass is 651 g/mol. The number of anilines is 3. The van der Waals surface area contributed by atoms with Gasteiger partial charge in [0.15, 0.2) is 0 Å². The number of hydrogen-bond acceptors (Lipinski definition) is 1. The Morgan fingerprint density at radius 2 is 0.784 bits per heavy atom. The molecule has 0 aliphatic rings.